The highest BCUT2D eigenvalue weighted by Crippen LogP contribution is 2.41. The van der Waals surface area contributed by atoms with Crippen molar-refractivity contribution >= 4 is 44.9 Å². The molecule has 0 aromatic heterocycles. The summed E-state index contributed by atoms with van der Waals surface area (Å²) >= 11 is 0. The fourth-order valence-corrected chi connectivity index (χ4v) is 30.7. The van der Waals surface area contributed by atoms with Crippen LogP contribution in [0.5, 0.6) is 0 Å². The highest BCUT2D eigenvalue weighted by atomic mass is 28.4. The SMILES string of the molecule is CC[Si](CC)(CC)N(C(C(=O)OCC(C)C)C(C(=O)OCC(C)C)N([Si](C)(C)C)[Si](C)(C)C)[Si](CC)(CC)CC. The van der Waals surface area contributed by atoms with Gasteiger partial charge < -0.3 is 17.9 Å². The maximum Gasteiger partial charge on any atom is 0.324 e. The number of hydrogen-bond acceptors (Lipinski definition) is 6. The fourth-order valence-electron chi connectivity index (χ4n) is 6.88. The Hall–Kier alpha value is -0.272. The van der Waals surface area contributed by atoms with Crippen LogP contribution >= 0.6 is 0 Å². The van der Waals surface area contributed by atoms with Crippen LogP contribution < -0.4 is 0 Å². The molecule has 0 aliphatic heterocycles. The van der Waals surface area contributed by atoms with E-state index in [-0.39, 0.29) is 23.8 Å². The van der Waals surface area contributed by atoms with Crippen LogP contribution in [0.3, 0.4) is 0 Å². The maximum absolute atomic E-state index is 14.7. The Balaban J connectivity index is 8.01. The lowest BCUT2D eigenvalue weighted by atomic mass is 10.1. The minimum atomic E-state index is -2.15. The minimum Gasteiger partial charge on any atom is -0.464 e. The van der Waals surface area contributed by atoms with E-state index in [0.29, 0.717) is 13.2 Å². The third kappa shape index (κ3) is 9.89. The fraction of sp³-hybridized carbons (Fsp3) is 0.933. The molecule has 0 heterocycles. The molecule has 10 heteroatoms. The Bertz CT molecular complexity index is 722. The smallest absolute Gasteiger partial charge is 0.324 e. The van der Waals surface area contributed by atoms with Gasteiger partial charge in [-0.1, -0.05) is 109 Å². The van der Waals surface area contributed by atoms with Crippen LogP contribution in [0.1, 0.15) is 69.2 Å². The number of hydrogen-bond donors (Lipinski definition) is 0. The second-order valence-electron chi connectivity index (χ2n) is 14.6. The van der Waals surface area contributed by atoms with Crippen molar-refractivity contribution in [3.8, 4) is 0 Å². The first-order valence-electron chi connectivity index (χ1n) is 16.2. The normalized spacial score (nSPS) is 15.2. The predicted octanol–water partition coefficient (Wildman–Crippen LogP) is 8.41. The molecule has 0 saturated heterocycles. The first-order chi connectivity index (χ1) is 18.3. The van der Waals surface area contributed by atoms with Crippen LogP contribution in [0.15, 0.2) is 0 Å². The van der Waals surface area contributed by atoms with Crippen LogP contribution in [0.2, 0.25) is 75.5 Å². The molecule has 2 unspecified atom stereocenters. The molecule has 0 aromatic rings. The van der Waals surface area contributed by atoms with E-state index in [1.165, 1.54) is 0 Å². The summed E-state index contributed by atoms with van der Waals surface area (Å²) in [7, 11) is -8.49. The van der Waals surface area contributed by atoms with Gasteiger partial charge in [0, 0.05) is 0 Å². The molecule has 0 amide bonds. The molecular formula is C30H68N2O4Si4. The van der Waals surface area contributed by atoms with Crippen LogP contribution in [0.4, 0.5) is 0 Å². The quantitative estimate of drug-likeness (QED) is 0.105. The molecule has 40 heavy (non-hydrogen) atoms. The summed E-state index contributed by atoms with van der Waals surface area (Å²) in [5.74, 6) is 0.0178. The Morgan fingerprint density at radius 2 is 0.775 bits per heavy atom. The van der Waals surface area contributed by atoms with Crippen LogP contribution in [0, 0.1) is 11.8 Å². The Kier molecular flexibility index (Phi) is 16.4. The number of carbonyl (C=O) groups is 2. The molecule has 0 rings (SSSR count). The molecule has 0 N–H and O–H groups in total. The molecular weight excluding hydrogens is 565 g/mol. The van der Waals surface area contributed by atoms with Gasteiger partial charge in [0.05, 0.1) is 13.2 Å². The minimum absolute atomic E-state index is 0.207. The van der Waals surface area contributed by atoms with E-state index < -0.39 is 45.0 Å². The van der Waals surface area contributed by atoms with E-state index in [1.807, 2.05) is 0 Å². The van der Waals surface area contributed by atoms with Crippen LogP contribution in [-0.4, -0.2) is 78.6 Å². The van der Waals surface area contributed by atoms with E-state index in [0.717, 1.165) is 36.3 Å². The molecule has 2 atom stereocenters. The molecule has 0 fully saturated rings. The largest absolute Gasteiger partial charge is 0.464 e. The van der Waals surface area contributed by atoms with Crippen molar-refractivity contribution in [2.45, 2.75) is 157 Å². The van der Waals surface area contributed by atoms with Crippen LogP contribution in [0.25, 0.3) is 0 Å². The van der Waals surface area contributed by atoms with Gasteiger partial charge in [-0.05, 0) is 48.1 Å². The van der Waals surface area contributed by atoms with Gasteiger partial charge in [0.2, 0.25) is 0 Å². The third-order valence-corrected chi connectivity index (χ3v) is 29.7. The first-order valence-corrected chi connectivity index (χ1v) is 28.2. The second kappa shape index (κ2) is 16.5. The second-order valence-corrected chi connectivity index (χ2v) is 35.2. The molecule has 0 spiro atoms. The zero-order valence-electron chi connectivity index (χ0n) is 29.5. The predicted molar refractivity (Wildman–Crippen MR) is 184 cm³/mol. The van der Waals surface area contributed by atoms with Gasteiger partial charge in [0.1, 0.15) is 45.0 Å². The van der Waals surface area contributed by atoms with Crippen molar-refractivity contribution in [1.29, 1.82) is 0 Å². The van der Waals surface area contributed by atoms with Crippen molar-refractivity contribution in [3.05, 3.63) is 0 Å². The lowest BCUT2D eigenvalue weighted by Gasteiger charge is -2.59. The lowest BCUT2D eigenvalue weighted by molar-refractivity contribution is -0.159. The van der Waals surface area contributed by atoms with Crippen molar-refractivity contribution in [2.24, 2.45) is 11.8 Å². The van der Waals surface area contributed by atoms with Crippen molar-refractivity contribution in [3.63, 3.8) is 0 Å². The molecule has 6 nitrogen and oxygen atoms in total. The van der Waals surface area contributed by atoms with Crippen LogP contribution in [-0.2, 0) is 19.1 Å². The molecule has 0 aromatic carbocycles. The average Bonchev–Trinajstić information content (AvgIpc) is 2.86. The summed E-state index contributed by atoms with van der Waals surface area (Å²) in [5, 5.41) is 0. The van der Waals surface area contributed by atoms with E-state index in [4.69, 9.17) is 9.47 Å². The molecule has 0 aliphatic rings. The number of ether oxygens (including phenoxy) is 2. The molecule has 0 bridgehead atoms. The first kappa shape index (κ1) is 39.7. The Morgan fingerprint density at radius 3 is 0.975 bits per heavy atom. The molecule has 0 aliphatic carbocycles. The van der Waals surface area contributed by atoms with Gasteiger partial charge in [-0.2, -0.15) is 0 Å². The monoisotopic (exact) mass is 632 g/mol. The zero-order valence-corrected chi connectivity index (χ0v) is 33.5. The summed E-state index contributed by atoms with van der Waals surface area (Å²) in [6.07, 6.45) is 0. The summed E-state index contributed by atoms with van der Waals surface area (Å²) < 4.78 is 17.7. The number of esters is 2. The Morgan fingerprint density at radius 1 is 0.525 bits per heavy atom. The van der Waals surface area contributed by atoms with E-state index >= 15 is 0 Å². The maximum atomic E-state index is 14.7. The summed E-state index contributed by atoms with van der Waals surface area (Å²) in [4.78, 5) is 29.2. The number of rotatable bonds is 19. The molecule has 0 radical (unpaired) electrons. The van der Waals surface area contributed by atoms with Crippen molar-refractivity contribution < 1.29 is 19.1 Å². The standard InChI is InChI=1S/C30H68N2O4Si4/c1-17-39(18-2,19-3)32(40(20-4,21-5)22-6)28(30(34)36-24-26(9)10)27(29(33)35-23-25(7)8)31(37(11,12)13)38(14,15)16/h25-28H,17-24H2,1-16H3. The highest BCUT2D eigenvalue weighted by Gasteiger charge is 2.58. The van der Waals surface area contributed by atoms with Gasteiger partial charge in [-0.3, -0.25) is 9.59 Å². The van der Waals surface area contributed by atoms with Gasteiger partial charge in [-0.15, -0.1) is 0 Å². The Labute approximate surface area is 253 Å². The van der Waals surface area contributed by atoms with Gasteiger partial charge in [-0.25, -0.2) is 0 Å². The van der Waals surface area contributed by atoms with Crippen molar-refractivity contribution in [2.75, 3.05) is 13.2 Å². The molecule has 0 saturated carbocycles. The summed E-state index contributed by atoms with van der Waals surface area (Å²) in [6.45, 7) is 36.9. The van der Waals surface area contributed by atoms with E-state index in [1.54, 1.807) is 0 Å². The molecule has 238 valence electrons. The highest BCUT2D eigenvalue weighted by molar-refractivity contribution is 6.93. The van der Waals surface area contributed by atoms with E-state index in [2.05, 4.69) is 117 Å². The zero-order chi connectivity index (χ0) is 31.7. The van der Waals surface area contributed by atoms with Gasteiger partial charge in [0.15, 0.2) is 0 Å². The number of nitrogens with zero attached hydrogens (tertiary/aromatic N) is 2. The summed E-state index contributed by atoms with van der Waals surface area (Å²) in [6, 6.07) is 5.12. The number of carbonyl (C=O) groups excluding carboxylic acids is 2. The van der Waals surface area contributed by atoms with Gasteiger partial charge in [0.25, 0.3) is 0 Å². The van der Waals surface area contributed by atoms with Crippen molar-refractivity contribution in [1.82, 2.24) is 8.46 Å². The summed E-state index contributed by atoms with van der Waals surface area (Å²) in [5.41, 5.74) is 0. The lowest BCUT2D eigenvalue weighted by Crippen LogP contribution is -2.78. The van der Waals surface area contributed by atoms with Gasteiger partial charge >= 0.3 is 11.9 Å². The third-order valence-electron chi connectivity index (χ3n) is 8.87. The van der Waals surface area contributed by atoms with E-state index in [9.17, 15) is 9.59 Å². The topological polar surface area (TPSA) is 59.1 Å². The average molecular weight is 633 g/mol.